The minimum Gasteiger partial charge on any atom is -0.497 e. The van der Waals surface area contributed by atoms with Crippen LogP contribution in [0, 0.1) is 13.8 Å². The maximum absolute atomic E-state index is 12.5. The number of hydrogen-bond acceptors (Lipinski definition) is 4. The van der Waals surface area contributed by atoms with Crippen LogP contribution in [0.15, 0.2) is 42.5 Å². The van der Waals surface area contributed by atoms with Gasteiger partial charge >= 0.3 is 0 Å². The number of rotatable bonds is 5. The highest BCUT2D eigenvalue weighted by Crippen LogP contribution is 2.21. The lowest BCUT2D eigenvalue weighted by Gasteiger charge is -2.36. The van der Waals surface area contributed by atoms with E-state index in [-0.39, 0.29) is 18.2 Å². The molecule has 0 bridgehead atoms. The zero-order valence-electron chi connectivity index (χ0n) is 16.7. The maximum atomic E-state index is 12.5. The normalized spacial score (nSPS) is 14.0. The molecule has 0 unspecified atom stereocenters. The standard InChI is InChI=1S/C22H27N3O3/c1-16-5-4-6-17(2)22(16)23-20(26)15-21(27)25-13-11-24(12-14-25)18-7-9-19(28-3)10-8-18/h4-10H,11-15H2,1-3H3,(H,23,26). The van der Waals surface area contributed by atoms with Crippen LogP contribution < -0.4 is 15.0 Å². The second-order valence-electron chi connectivity index (χ2n) is 7.06. The number of nitrogens with one attached hydrogen (secondary N) is 1. The van der Waals surface area contributed by atoms with Crippen molar-refractivity contribution >= 4 is 23.2 Å². The van der Waals surface area contributed by atoms with Crippen molar-refractivity contribution < 1.29 is 14.3 Å². The Morgan fingerprint density at radius 2 is 1.57 bits per heavy atom. The predicted molar refractivity (Wildman–Crippen MR) is 111 cm³/mol. The maximum Gasteiger partial charge on any atom is 0.233 e. The molecule has 1 N–H and O–H groups in total. The Bertz CT molecular complexity index is 820. The van der Waals surface area contributed by atoms with Crippen LogP contribution in [0.25, 0.3) is 0 Å². The van der Waals surface area contributed by atoms with Crippen LogP contribution in [-0.2, 0) is 9.59 Å². The Labute approximate surface area is 166 Å². The van der Waals surface area contributed by atoms with E-state index in [0.717, 1.165) is 41.3 Å². The van der Waals surface area contributed by atoms with Crippen molar-refractivity contribution in [1.82, 2.24) is 4.90 Å². The van der Waals surface area contributed by atoms with E-state index < -0.39 is 0 Å². The average molecular weight is 381 g/mol. The minimum absolute atomic E-state index is 0.127. The van der Waals surface area contributed by atoms with Crippen molar-refractivity contribution in [3.63, 3.8) is 0 Å². The number of benzene rings is 2. The lowest BCUT2D eigenvalue weighted by atomic mass is 10.1. The molecule has 1 saturated heterocycles. The summed E-state index contributed by atoms with van der Waals surface area (Å²) in [5, 5.41) is 2.89. The number of para-hydroxylation sites is 1. The first-order valence-corrected chi connectivity index (χ1v) is 9.51. The number of carbonyl (C=O) groups excluding carboxylic acids is 2. The zero-order valence-corrected chi connectivity index (χ0v) is 16.7. The Hall–Kier alpha value is -3.02. The highest BCUT2D eigenvalue weighted by molar-refractivity contribution is 6.04. The van der Waals surface area contributed by atoms with Gasteiger partial charge in [0.2, 0.25) is 11.8 Å². The third-order valence-electron chi connectivity index (χ3n) is 5.13. The van der Waals surface area contributed by atoms with Crippen molar-refractivity contribution in [2.24, 2.45) is 0 Å². The molecule has 2 aromatic rings. The molecule has 0 aromatic heterocycles. The van der Waals surface area contributed by atoms with E-state index in [1.807, 2.05) is 56.3 Å². The zero-order chi connectivity index (χ0) is 20.1. The Morgan fingerprint density at radius 3 is 2.14 bits per heavy atom. The van der Waals surface area contributed by atoms with Crippen molar-refractivity contribution in [3.05, 3.63) is 53.6 Å². The number of methoxy groups -OCH3 is 1. The van der Waals surface area contributed by atoms with Crippen LogP contribution in [0.3, 0.4) is 0 Å². The van der Waals surface area contributed by atoms with Gasteiger partial charge in [-0.15, -0.1) is 0 Å². The quantitative estimate of drug-likeness (QED) is 0.809. The highest BCUT2D eigenvalue weighted by atomic mass is 16.5. The first-order chi connectivity index (χ1) is 13.5. The van der Waals surface area contributed by atoms with Gasteiger partial charge in [0.25, 0.3) is 0 Å². The largest absolute Gasteiger partial charge is 0.497 e. The molecule has 6 nitrogen and oxygen atoms in total. The van der Waals surface area contributed by atoms with E-state index in [4.69, 9.17) is 4.74 Å². The molecule has 1 aliphatic heterocycles. The molecule has 0 saturated carbocycles. The Kier molecular flexibility index (Phi) is 6.19. The first-order valence-electron chi connectivity index (χ1n) is 9.51. The molecule has 1 aliphatic rings. The predicted octanol–water partition coefficient (Wildman–Crippen LogP) is 2.99. The fourth-order valence-corrected chi connectivity index (χ4v) is 3.45. The van der Waals surface area contributed by atoms with Crippen LogP contribution in [0.1, 0.15) is 17.5 Å². The highest BCUT2D eigenvalue weighted by Gasteiger charge is 2.23. The van der Waals surface area contributed by atoms with Gasteiger partial charge in [-0.25, -0.2) is 0 Å². The van der Waals surface area contributed by atoms with Crippen molar-refractivity contribution in [2.45, 2.75) is 20.3 Å². The number of anilines is 2. The summed E-state index contributed by atoms with van der Waals surface area (Å²) >= 11 is 0. The Balaban J connectivity index is 1.51. The van der Waals surface area contributed by atoms with Gasteiger partial charge in [0.15, 0.2) is 0 Å². The third kappa shape index (κ3) is 4.63. The monoisotopic (exact) mass is 381 g/mol. The van der Waals surface area contributed by atoms with E-state index in [0.29, 0.717) is 13.1 Å². The number of ether oxygens (including phenoxy) is 1. The minimum atomic E-state index is -0.264. The summed E-state index contributed by atoms with van der Waals surface area (Å²) in [6.07, 6.45) is -0.129. The number of hydrogen-bond donors (Lipinski definition) is 1. The molecule has 0 spiro atoms. The summed E-state index contributed by atoms with van der Waals surface area (Å²) < 4.78 is 5.19. The molecule has 1 fully saturated rings. The van der Waals surface area contributed by atoms with E-state index in [1.54, 1.807) is 12.0 Å². The molecular formula is C22H27N3O3. The molecular weight excluding hydrogens is 354 g/mol. The van der Waals surface area contributed by atoms with Crippen molar-refractivity contribution in [3.8, 4) is 5.75 Å². The van der Waals surface area contributed by atoms with Gasteiger partial charge in [-0.3, -0.25) is 9.59 Å². The lowest BCUT2D eigenvalue weighted by molar-refractivity contribution is -0.134. The van der Waals surface area contributed by atoms with Crippen LogP contribution in [0.5, 0.6) is 5.75 Å². The third-order valence-corrected chi connectivity index (χ3v) is 5.13. The van der Waals surface area contributed by atoms with Gasteiger partial charge in [-0.05, 0) is 49.2 Å². The molecule has 2 amide bonds. The number of nitrogens with zero attached hydrogens (tertiary/aromatic N) is 2. The average Bonchev–Trinajstić information content (AvgIpc) is 2.71. The SMILES string of the molecule is COc1ccc(N2CCN(C(=O)CC(=O)Nc3c(C)cccc3C)CC2)cc1. The van der Waals surface area contributed by atoms with Gasteiger partial charge in [-0.1, -0.05) is 18.2 Å². The van der Waals surface area contributed by atoms with Gasteiger partial charge in [0.1, 0.15) is 12.2 Å². The summed E-state index contributed by atoms with van der Waals surface area (Å²) in [5.41, 5.74) is 3.90. The lowest BCUT2D eigenvalue weighted by Crippen LogP contribution is -2.49. The molecule has 3 rings (SSSR count). The van der Waals surface area contributed by atoms with Gasteiger partial charge < -0.3 is 19.9 Å². The van der Waals surface area contributed by atoms with Crippen LogP contribution in [0.4, 0.5) is 11.4 Å². The first kappa shape index (κ1) is 19.7. The fraction of sp³-hybridized carbons (Fsp3) is 0.364. The van der Waals surface area contributed by atoms with Crippen LogP contribution in [-0.4, -0.2) is 50.0 Å². The molecule has 1 heterocycles. The second kappa shape index (κ2) is 8.78. The van der Waals surface area contributed by atoms with E-state index in [1.165, 1.54) is 0 Å². The number of aryl methyl sites for hydroxylation is 2. The van der Waals surface area contributed by atoms with E-state index in [9.17, 15) is 9.59 Å². The topological polar surface area (TPSA) is 61.9 Å². The molecule has 28 heavy (non-hydrogen) atoms. The van der Waals surface area contributed by atoms with Gasteiger partial charge in [0.05, 0.1) is 7.11 Å². The second-order valence-corrected chi connectivity index (χ2v) is 7.06. The van der Waals surface area contributed by atoms with Crippen LogP contribution in [0.2, 0.25) is 0 Å². The molecule has 0 radical (unpaired) electrons. The van der Waals surface area contributed by atoms with Crippen LogP contribution >= 0.6 is 0 Å². The van der Waals surface area contributed by atoms with Gasteiger partial charge in [-0.2, -0.15) is 0 Å². The van der Waals surface area contributed by atoms with E-state index in [2.05, 4.69) is 10.2 Å². The smallest absolute Gasteiger partial charge is 0.233 e. The summed E-state index contributed by atoms with van der Waals surface area (Å²) in [6, 6.07) is 13.8. The molecule has 0 atom stereocenters. The fourth-order valence-electron chi connectivity index (χ4n) is 3.45. The van der Waals surface area contributed by atoms with Crippen molar-refractivity contribution in [2.75, 3.05) is 43.5 Å². The van der Waals surface area contributed by atoms with E-state index >= 15 is 0 Å². The molecule has 2 aromatic carbocycles. The molecule has 0 aliphatic carbocycles. The Morgan fingerprint density at radius 1 is 0.964 bits per heavy atom. The summed E-state index contributed by atoms with van der Waals surface area (Å²) in [5.74, 6) is 0.436. The number of amides is 2. The number of carbonyl (C=O) groups is 2. The van der Waals surface area contributed by atoms with Crippen molar-refractivity contribution in [1.29, 1.82) is 0 Å². The summed E-state index contributed by atoms with van der Waals surface area (Å²) in [4.78, 5) is 28.9. The summed E-state index contributed by atoms with van der Waals surface area (Å²) in [6.45, 7) is 6.61. The number of piperazine rings is 1. The molecule has 6 heteroatoms. The van der Waals surface area contributed by atoms with Gasteiger partial charge in [0, 0.05) is 37.6 Å². The molecule has 148 valence electrons. The summed E-state index contributed by atoms with van der Waals surface area (Å²) in [7, 11) is 1.65.